The summed E-state index contributed by atoms with van der Waals surface area (Å²) < 4.78 is 6.85. The Bertz CT molecular complexity index is 1240. The molecule has 1 aliphatic rings. The van der Waals surface area contributed by atoms with Crippen molar-refractivity contribution in [2.45, 2.75) is 18.9 Å². The van der Waals surface area contributed by atoms with E-state index in [1.165, 1.54) is 5.56 Å². The van der Waals surface area contributed by atoms with Crippen LogP contribution in [0.1, 0.15) is 27.8 Å². The van der Waals surface area contributed by atoms with E-state index in [9.17, 15) is 5.11 Å². The molecule has 0 bridgehead atoms. The summed E-state index contributed by atoms with van der Waals surface area (Å²) in [5.74, 6) is 0.234. The van der Waals surface area contributed by atoms with E-state index in [0.717, 1.165) is 28.0 Å². The number of nitrogens with zero attached hydrogens (tertiary/aromatic N) is 1. The number of phenolic OH excluding ortho intramolecular Hbond substituents is 1. The fourth-order valence-corrected chi connectivity index (χ4v) is 4.53. The van der Waals surface area contributed by atoms with E-state index in [1.54, 1.807) is 12.1 Å². The highest BCUT2D eigenvalue weighted by molar-refractivity contribution is 5.73. The molecule has 0 aromatic heterocycles. The molecule has 5 rings (SSSR count). The lowest BCUT2D eigenvalue weighted by atomic mass is 9.93. The van der Waals surface area contributed by atoms with Crippen molar-refractivity contribution in [2.75, 3.05) is 0 Å². The molecule has 1 unspecified atom stereocenters. The quantitative estimate of drug-likeness (QED) is 0.398. The third kappa shape index (κ3) is 3.47. The number of benzene rings is 4. The standard InChI is InChI=1S/C29H25NO2/c1-22-27-17-8-9-18-28(27)29(25-14-6-3-7-15-25,30(22)20-23-11-4-2-5-12-23)32-21-24-13-10-16-26(31)19-24/h2-19,31H,1,20-21H2. The van der Waals surface area contributed by atoms with Gasteiger partial charge in [0.1, 0.15) is 5.75 Å². The van der Waals surface area contributed by atoms with Crippen LogP contribution in [0.2, 0.25) is 0 Å². The monoisotopic (exact) mass is 419 g/mol. The summed E-state index contributed by atoms with van der Waals surface area (Å²) >= 11 is 0. The van der Waals surface area contributed by atoms with E-state index in [0.29, 0.717) is 13.2 Å². The van der Waals surface area contributed by atoms with Crippen LogP contribution in [0, 0.1) is 0 Å². The molecule has 0 spiro atoms. The van der Waals surface area contributed by atoms with Crippen LogP contribution in [-0.2, 0) is 23.6 Å². The number of aromatic hydroxyl groups is 1. The van der Waals surface area contributed by atoms with E-state index in [1.807, 2.05) is 48.5 Å². The summed E-state index contributed by atoms with van der Waals surface area (Å²) in [6, 6.07) is 36.3. The topological polar surface area (TPSA) is 32.7 Å². The van der Waals surface area contributed by atoms with Crippen molar-refractivity contribution in [3.63, 3.8) is 0 Å². The third-order valence-corrected chi connectivity index (χ3v) is 6.02. The van der Waals surface area contributed by atoms with Crippen LogP contribution in [0.5, 0.6) is 5.75 Å². The second kappa shape index (κ2) is 8.37. The maximum Gasteiger partial charge on any atom is 0.195 e. The fraction of sp³-hybridized carbons (Fsp3) is 0.103. The van der Waals surface area contributed by atoms with Crippen molar-refractivity contribution >= 4 is 5.70 Å². The number of rotatable bonds is 6. The summed E-state index contributed by atoms with van der Waals surface area (Å²) in [5.41, 5.74) is 5.40. The average molecular weight is 420 g/mol. The SMILES string of the molecule is C=C1c2ccccc2C(OCc2cccc(O)c2)(c2ccccc2)N1Cc1ccccc1. The molecule has 158 valence electrons. The van der Waals surface area contributed by atoms with Gasteiger partial charge >= 0.3 is 0 Å². The Morgan fingerprint density at radius 1 is 0.750 bits per heavy atom. The molecule has 3 heteroatoms. The van der Waals surface area contributed by atoms with Crippen LogP contribution >= 0.6 is 0 Å². The van der Waals surface area contributed by atoms with Gasteiger partial charge < -0.3 is 14.7 Å². The molecular weight excluding hydrogens is 394 g/mol. The van der Waals surface area contributed by atoms with E-state index >= 15 is 0 Å². The van der Waals surface area contributed by atoms with Gasteiger partial charge in [0.05, 0.1) is 6.61 Å². The first-order valence-electron chi connectivity index (χ1n) is 10.8. The van der Waals surface area contributed by atoms with Gasteiger partial charge in [0.15, 0.2) is 5.72 Å². The van der Waals surface area contributed by atoms with E-state index < -0.39 is 5.72 Å². The highest BCUT2D eigenvalue weighted by Gasteiger charge is 2.49. The fourth-order valence-electron chi connectivity index (χ4n) is 4.53. The van der Waals surface area contributed by atoms with E-state index in [2.05, 4.69) is 60.0 Å². The Kier molecular flexibility index (Phi) is 5.26. The lowest BCUT2D eigenvalue weighted by Crippen LogP contribution is -2.43. The maximum absolute atomic E-state index is 9.95. The molecule has 0 saturated heterocycles. The molecule has 1 atom stereocenters. The van der Waals surface area contributed by atoms with Gasteiger partial charge in [0.2, 0.25) is 0 Å². The Labute approximate surface area is 188 Å². The van der Waals surface area contributed by atoms with E-state index in [-0.39, 0.29) is 5.75 Å². The van der Waals surface area contributed by atoms with Crippen LogP contribution in [0.3, 0.4) is 0 Å². The number of phenols is 1. The number of hydrogen-bond donors (Lipinski definition) is 1. The molecule has 0 saturated carbocycles. The molecule has 3 nitrogen and oxygen atoms in total. The number of hydrogen-bond acceptors (Lipinski definition) is 3. The largest absolute Gasteiger partial charge is 0.508 e. The van der Waals surface area contributed by atoms with Crippen molar-refractivity contribution in [1.29, 1.82) is 0 Å². The normalized spacial score (nSPS) is 17.4. The zero-order valence-corrected chi connectivity index (χ0v) is 17.8. The molecule has 0 amide bonds. The van der Waals surface area contributed by atoms with Gasteiger partial charge in [0.25, 0.3) is 0 Å². The molecule has 4 aromatic rings. The minimum absolute atomic E-state index is 0.234. The zero-order chi connectivity index (χ0) is 22.0. The minimum atomic E-state index is -0.837. The van der Waals surface area contributed by atoms with Crippen molar-refractivity contribution in [1.82, 2.24) is 4.90 Å². The van der Waals surface area contributed by atoms with E-state index in [4.69, 9.17) is 4.74 Å². The van der Waals surface area contributed by atoms with Crippen molar-refractivity contribution in [2.24, 2.45) is 0 Å². The van der Waals surface area contributed by atoms with Crippen LogP contribution in [0.15, 0.2) is 116 Å². The Balaban J connectivity index is 1.66. The molecule has 0 radical (unpaired) electrons. The van der Waals surface area contributed by atoms with Crippen LogP contribution in [0.25, 0.3) is 5.70 Å². The second-order valence-electron chi connectivity index (χ2n) is 8.03. The Morgan fingerprint density at radius 3 is 2.16 bits per heavy atom. The second-order valence-corrected chi connectivity index (χ2v) is 8.03. The van der Waals surface area contributed by atoms with Gasteiger partial charge in [-0.2, -0.15) is 0 Å². The van der Waals surface area contributed by atoms with Gasteiger partial charge in [-0.3, -0.25) is 0 Å². The predicted octanol–water partition coefficient (Wildman–Crippen LogP) is 6.30. The first-order valence-corrected chi connectivity index (χ1v) is 10.8. The number of ether oxygens (including phenoxy) is 1. The highest BCUT2D eigenvalue weighted by atomic mass is 16.5. The predicted molar refractivity (Wildman–Crippen MR) is 128 cm³/mol. The van der Waals surface area contributed by atoms with Gasteiger partial charge in [-0.1, -0.05) is 104 Å². The molecule has 4 aromatic carbocycles. The third-order valence-electron chi connectivity index (χ3n) is 6.02. The smallest absolute Gasteiger partial charge is 0.195 e. The first kappa shape index (κ1) is 20.1. The first-order chi connectivity index (χ1) is 15.7. The van der Waals surface area contributed by atoms with Crippen LogP contribution < -0.4 is 0 Å². The van der Waals surface area contributed by atoms with Crippen LogP contribution in [0.4, 0.5) is 0 Å². The van der Waals surface area contributed by atoms with Gasteiger partial charge in [-0.25, -0.2) is 0 Å². The summed E-state index contributed by atoms with van der Waals surface area (Å²) in [5, 5.41) is 9.95. The number of fused-ring (bicyclic) bond motifs is 1. The lowest BCUT2D eigenvalue weighted by Gasteiger charge is -2.41. The van der Waals surface area contributed by atoms with Crippen molar-refractivity contribution in [3.05, 3.63) is 144 Å². The van der Waals surface area contributed by atoms with Crippen molar-refractivity contribution < 1.29 is 9.84 Å². The zero-order valence-electron chi connectivity index (χ0n) is 17.8. The average Bonchev–Trinajstić information content (AvgIpc) is 3.08. The van der Waals surface area contributed by atoms with Gasteiger partial charge in [0, 0.05) is 28.9 Å². The van der Waals surface area contributed by atoms with Gasteiger partial charge in [-0.15, -0.1) is 0 Å². The maximum atomic E-state index is 9.95. The molecule has 1 N–H and O–H groups in total. The molecule has 1 heterocycles. The Morgan fingerprint density at radius 2 is 1.41 bits per heavy atom. The molecule has 0 aliphatic carbocycles. The van der Waals surface area contributed by atoms with Crippen molar-refractivity contribution in [3.8, 4) is 5.75 Å². The Hall–Kier alpha value is -3.82. The molecule has 0 fully saturated rings. The molecule has 32 heavy (non-hydrogen) atoms. The highest BCUT2D eigenvalue weighted by Crippen LogP contribution is 2.51. The van der Waals surface area contributed by atoms with Crippen LogP contribution in [-0.4, -0.2) is 10.0 Å². The summed E-state index contributed by atoms with van der Waals surface area (Å²) in [6.07, 6.45) is 0. The minimum Gasteiger partial charge on any atom is -0.508 e. The molecule has 1 aliphatic heterocycles. The summed E-state index contributed by atoms with van der Waals surface area (Å²) in [7, 11) is 0. The molecular formula is C29H25NO2. The lowest BCUT2D eigenvalue weighted by molar-refractivity contribution is -0.114. The van der Waals surface area contributed by atoms with Gasteiger partial charge in [-0.05, 0) is 23.3 Å². The summed E-state index contributed by atoms with van der Waals surface area (Å²) in [6.45, 7) is 5.47. The summed E-state index contributed by atoms with van der Waals surface area (Å²) in [4.78, 5) is 2.26.